The van der Waals surface area contributed by atoms with Crippen LogP contribution in [0.15, 0.2) is 6.20 Å². The Morgan fingerprint density at radius 3 is 2.19 bits per heavy atom. The van der Waals surface area contributed by atoms with Gasteiger partial charge in [-0.1, -0.05) is 19.6 Å². The summed E-state index contributed by atoms with van der Waals surface area (Å²) in [5.74, 6) is -1.41. The first-order valence-corrected chi connectivity index (χ1v) is 15.6. The second-order valence-corrected chi connectivity index (χ2v) is 16.7. The van der Waals surface area contributed by atoms with E-state index in [1.807, 2.05) is 0 Å². The van der Waals surface area contributed by atoms with Crippen molar-refractivity contribution in [1.29, 1.82) is 0 Å². The smallest absolute Gasteiger partial charge is 0.343 e. The molecule has 0 fully saturated rings. The van der Waals surface area contributed by atoms with E-state index in [9.17, 15) is 21.6 Å². The third-order valence-corrected chi connectivity index (χ3v) is 8.11. The topological polar surface area (TPSA) is 125 Å². The molecule has 0 atom stereocenters. The molecule has 1 heterocycles. The highest BCUT2D eigenvalue weighted by Gasteiger charge is 2.34. The highest BCUT2D eigenvalue weighted by atomic mass is 32.3. The molecule has 0 spiro atoms. The summed E-state index contributed by atoms with van der Waals surface area (Å²) in [5.41, 5.74) is -0.276. The van der Waals surface area contributed by atoms with E-state index in [0.717, 1.165) is 6.04 Å². The monoisotopic (exact) mass is 441 g/mol. The molecule has 10 nitrogen and oxygen atoms in total. The van der Waals surface area contributed by atoms with Gasteiger partial charge in [0.05, 0.1) is 19.1 Å². The molecule has 0 aliphatic heterocycles. The standard InChI is InChI=1S/C14H27N3O7S2Si/c1-7-24-14(18)12-10-16(11-23-8-9-27(4,5)6)15-13(12)17(25(2,19)20)26(3,21)22/h10H,7-9,11H2,1-6H3. The highest BCUT2D eigenvalue weighted by molar-refractivity contribution is 8.09. The lowest BCUT2D eigenvalue weighted by Gasteiger charge is -2.18. The Balaban J connectivity index is 3.25. The Morgan fingerprint density at radius 2 is 1.74 bits per heavy atom. The molecule has 1 rings (SSSR count). The van der Waals surface area contributed by atoms with Crippen molar-refractivity contribution < 1.29 is 31.1 Å². The Labute approximate surface area is 161 Å². The van der Waals surface area contributed by atoms with Crippen LogP contribution in [-0.4, -0.2) is 66.4 Å². The van der Waals surface area contributed by atoms with E-state index < -0.39 is 39.9 Å². The van der Waals surface area contributed by atoms with Gasteiger partial charge in [0.15, 0.2) is 5.82 Å². The van der Waals surface area contributed by atoms with Crippen molar-refractivity contribution in [2.75, 3.05) is 29.4 Å². The molecule has 1 aromatic heterocycles. The summed E-state index contributed by atoms with van der Waals surface area (Å²) in [6, 6.07) is 0.907. The molecule has 0 aliphatic rings. The minimum absolute atomic E-state index is 0.0356. The fourth-order valence-electron chi connectivity index (χ4n) is 2.06. The molecule has 27 heavy (non-hydrogen) atoms. The van der Waals surface area contributed by atoms with E-state index in [-0.39, 0.29) is 22.6 Å². The van der Waals surface area contributed by atoms with Crippen molar-refractivity contribution in [3.05, 3.63) is 11.8 Å². The number of ether oxygens (including phenoxy) is 2. The fourth-order valence-corrected chi connectivity index (χ4v) is 5.68. The maximum absolute atomic E-state index is 12.2. The predicted molar refractivity (Wildman–Crippen MR) is 104 cm³/mol. The molecule has 0 aliphatic carbocycles. The zero-order valence-electron chi connectivity index (χ0n) is 16.4. The van der Waals surface area contributed by atoms with Crippen LogP contribution in [0.1, 0.15) is 17.3 Å². The molecular formula is C14H27N3O7S2Si. The van der Waals surface area contributed by atoms with E-state index in [0.29, 0.717) is 19.1 Å². The first-order chi connectivity index (χ1) is 12.2. The molecule has 0 saturated carbocycles. The highest BCUT2D eigenvalue weighted by Crippen LogP contribution is 2.25. The summed E-state index contributed by atoms with van der Waals surface area (Å²) < 4.78 is 59.7. The molecular weight excluding hydrogens is 414 g/mol. The van der Waals surface area contributed by atoms with Crippen molar-refractivity contribution in [2.45, 2.75) is 39.3 Å². The number of carbonyl (C=O) groups excluding carboxylic acids is 1. The van der Waals surface area contributed by atoms with E-state index >= 15 is 0 Å². The third kappa shape index (κ3) is 7.24. The van der Waals surface area contributed by atoms with E-state index in [4.69, 9.17) is 9.47 Å². The van der Waals surface area contributed by atoms with Gasteiger partial charge in [0.2, 0.25) is 20.0 Å². The van der Waals surface area contributed by atoms with Gasteiger partial charge < -0.3 is 9.47 Å². The number of carbonyl (C=O) groups is 1. The Hall–Kier alpha value is -1.44. The van der Waals surface area contributed by atoms with Crippen LogP contribution in [0.25, 0.3) is 0 Å². The zero-order chi connectivity index (χ0) is 21.0. The SMILES string of the molecule is CCOC(=O)c1cn(COCC[Si](C)(C)C)nc1N(S(C)(=O)=O)S(C)(=O)=O. The largest absolute Gasteiger partial charge is 0.462 e. The van der Waals surface area contributed by atoms with E-state index in [2.05, 4.69) is 24.7 Å². The Bertz CT molecular complexity index is 841. The number of nitrogens with zero attached hydrogens (tertiary/aromatic N) is 3. The molecule has 0 amide bonds. The zero-order valence-corrected chi connectivity index (χ0v) is 19.1. The van der Waals surface area contributed by atoms with E-state index in [1.54, 1.807) is 6.92 Å². The average molecular weight is 442 g/mol. The summed E-state index contributed by atoms with van der Waals surface area (Å²) in [6.45, 7) is 8.60. The molecule has 0 N–H and O–H groups in total. The molecule has 1 aromatic rings. The lowest BCUT2D eigenvalue weighted by atomic mass is 10.3. The van der Waals surface area contributed by atoms with Gasteiger partial charge in [-0.3, -0.25) is 0 Å². The van der Waals surface area contributed by atoms with Crippen molar-refractivity contribution in [3.8, 4) is 0 Å². The van der Waals surface area contributed by atoms with Crippen LogP contribution in [0, 0.1) is 0 Å². The van der Waals surface area contributed by atoms with Crippen molar-refractivity contribution >= 4 is 39.9 Å². The summed E-state index contributed by atoms with van der Waals surface area (Å²) in [7, 11) is -9.80. The minimum Gasteiger partial charge on any atom is -0.462 e. The van der Waals surface area contributed by atoms with Gasteiger partial charge >= 0.3 is 5.97 Å². The van der Waals surface area contributed by atoms with Crippen LogP contribution in [0.5, 0.6) is 0 Å². The number of hydrogen-bond donors (Lipinski definition) is 0. The van der Waals surface area contributed by atoms with E-state index in [1.165, 1.54) is 10.9 Å². The summed E-state index contributed by atoms with van der Waals surface area (Å²) in [6.07, 6.45) is 2.64. The van der Waals surface area contributed by atoms with Gasteiger partial charge in [-0.2, -0.15) is 0 Å². The maximum atomic E-state index is 12.2. The van der Waals surface area contributed by atoms with Crippen LogP contribution >= 0.6 is 0 Å². The van der Waals surface area contributed by atoms with Crippen molar-refractivity contribution in [1.82, 2.24) is 9.78 Å². The second kappa shape index (κ2) is 8.71. The molecule has 0 bridgehead atoms. The fraction of sp³-hybridized carbons (Fsp3) is 0.714. The van der Waals surface area contributed by atoms with Gasteiger partial charge in [-0.05, 0) is 13.0 Å². The number of hydrogen-bond acceptors (Lipinski definition) is 8. The normalized spacial score (nSPS) is 12.8. The molecule has 0 unspecified atom stereocenters. The van der Waals surface area contributed by atoms with Crippen molar-refractivity contribution in [3.63, 3.8) is 0 Å². The van der Waals surface area contributed by atoms with Gasteiger partial charge in [-0.15, -0.1) is 8.81 Å². The molecule has 0 saturated heterocycles. The molecule has 13 heteroatoms. The van der Waals surface area contributed by atoms with Gasteiger partial charge in [-0.25, -0.2) is 26.3 Å². The second-order valence-electron chi connectivity index (χ2n) is 7.20. The summed E-state index contributed by atoms with van der Waals surface area (Å²) in [5, 5.41) is 3.95. The van der Waals surface area contributed by atoms with Gasteiger partial charge in [0.1, 0.15) is 12.3 Å². The molecule has 0 radical (unpaired) electrons. The Kier molecular flexibility index (Phi) is 7.61. The first-order valence-electron chi connectivity index (χ1n) is 8.19. The summed E-state index contributed by atoms with van der Waals surface area (Å²) in [4.78, 5) is 12.2. The predicted octanol–water partition coefficient (Wildman–Crippen LogP) is 1.10. The van der Waals surface area contributed by atoms with Crippen LogP contribution < -0.4 is 3.71 Å². The minimum atomic E-state index is -4.25. The molecule has 0 aromatic carbocycles. The lowest BCUT2D eigenvalue weighted by molar-refractivity contribution is 0.0526. The van der Waals surface area contributed by atoms with Gasteiger partial charge in [0.25, 0.3) is 0 Å². The number of esters is 1. The lowest BCUT2D eigenvalue weighted by Crippen LogP contribution is -2.36. The summed E-state index contributed by atoms with van der Waals surface area (Å²) >= 11 is 0. The maximum Gasteiger partial charge on any atom is 0.343 e. The van der Waals surface area contributed by atoms with Crippen LogP contribution in [0.3, 0.4) is 0 Å². The Morgan fingerprint density at radius 1 is 1.19 bits per heavy atom. The number of sulfonamides is 2. The van der Waals surface area contributed by atoms with Crippen LogP contribution in [0.2, 0.25) is 25.7 Å². The van der Waals surface area contributed by atoms with Gasteiger partial charge in [0, 0.05) is 20.9 Å². The number of anilines is 1. The number of rotatable bonds is 10. The quantitative estimate of drug-likeness (QED) is 0.300. The third-order valence-electron chi connectivity index (χ3n) is 3.23. The van der Waals surface area contributed by atoms with Crippen LogP contribution in [0.4, 0.5) is 5.82 Å². The molecule has 156 valence electrons. The average Bonchev–Trinajstić information content (AvgIpc) is 2.83. The number of aromatic nitrogens is 2. The van der Waals surface area contributed by atoms with Crippen LogP contribution in [-0.2, 0) is 36.3 Å². The van der Waals surface area contributed by atoms with Crippen molar-refractivity contribution in [2.24, 2.45) is 0 Å². The first kappa shape index (κ1) is 23.6.